The Hall–Kier alpha value is -2.58. The van der Waals surface area contributed by atoms with Crippen molar-refractivity contribution in [3.05, 3.63) is 56.7 Å². The van der Waals surface area contributed by atoms with Crippen LogP contribution in [0.5, 0.6) is 0 Å². The molecule has 3 aromatic rings. The number of amides is 1. The number of nitrogens with one attached hydrogen (secondary N) is 1. The van der Waals surface area contributed by atoms with Gasteiger partial charge in [0.1, 0.15) is 23.0 Å². The standard InChI is InChI=1S/C21H23FN4O2S/c1-25(2)11-17-24-20-19(15-5-3-4-6-16(15)29-20)21(28)26(17)12-18(27)23-14-9-7-13(22)8-10-14/h7-10H,3-6,11-12H2,1-2H3,(H,23,27). The molecule has 0 saturated carbocycles. The summed E-state index contributed by atoms with van der Waals surface area (Å²) >= 11 is 1.61. The molecule has 0 unspecified atom stereocenters. The molecule has 1 N–H and O–H groups in total. The second-order valence-corrected chi connectivity index (χ2v) is 8.69. The Morgan fingerprint density at radius 3 is 2.69 bits per heavy atom. The fourth-order valence-electron chi connectivity index (χ4n) is 3.72. The van der Waals surface area contributed by atoms with Crippen molar-refractivity contribution in [3.63, 3.8) is 0 Å². The fraction of sp³-hybridized carbons (Fsp3) is 0.381. The number of rotatable bonds is 5. The van der Waals surface area contributed by atoms with Crippen molar-refractivity contribution < 1.29 is 9.18 Å². The predicted octanol–water partition coefficient (Wildman–Crippen LogP) is 3.18. The Bertz CT molecular complexity index is 1120. The lowest BCUT2D eigenvalue weighted by Gasteiger charge is -2.16. The molecule has 0 fully saturated rings. The first-order valence-electron chi connectivity index (χ1n) is 9.66. The van der Waals surface area contributed by atoms with Crippen LogP contribution in [0, 0.1) is 5.82 Å². The maximum Gasteiger partial charge on any atom is 0.263 e. The highest BCUT2D eigenvalue weighted by atomic mass is 32.1. The molecule has 2 heterocycles. The maximum atomic E-state index is 13.4. The van der Waals surface area contributed by atoms with Gasteiger partial charge in [-0.15, -0.1) is 11.3 Å². The summed E-state index contributed by atoms with van der Waals surface area (Å²) in [5.41, 5.74) is 1.44. The molecule has 1 aliphatic rings. The summed E-state index contributed by atoms with van der Waals surface area (Å²) in [7, 11) is 3.80. The summed E-state index contributed by atoms with van der Waals surface area (Å²) in [6, 6.07) is 5.55. The number of thiophene rings is 1. The first-order chi connectivity index (χ1) is 13.9. The third-order valence-electron chi connectivity index (χ3n) is 5.04. The fourth-order valence-corrected chi connectivity index (χ4v) is 5.00. The molecular formula is C21H23FN4O2S. The molecule has 4 rings (SSSR count). The van der Waals surface area contributed by atoms with Crippen LogP contribution in [0.1, 0.15) is 29.1 Å². The van der Waals surface area contributed by atoms with E-state index in [9.17, 15) is 14.0 Å². The van der Waals surface area contributed by atoms with Gasteiger partial charge < -0.3 is 10.2 Å². The lowest BCUT2D eigenvalue weighted by molar-refractivity contribution is -0.116. The SMILES string of the molecule is CN(C)Cc1nc2sc3c(c2c(=O)n1CC(=O)Nc1ccc(F)cc1)CCCC3. The molecule has 8 heteroatoms. The summed E-state index contributed by atoms with van der Waals surface area (Å²) in [5, 5.41) is 3.39. The predicted molar refractivity (Wildman–Crippen MR) is 113 cm³/mol. The minimum Gasteiger partial charge on any atom is -0.325 e. The van der Waals surface area contributed by atoms with Gasteiger partial charge in [0.05, 0.1) is 11.9 Å². The van der Waals surface area contributed by atoms with Crippen molar-refractivity contribution in [2.45, 2.75) is 38.8 Å². The highest BCUT2D eigenvalue weighted by molar-refractivity contribution is 7.18. The number of carbonyl (C=O) groups excluding carboxylic acids is 1. The average Bonchev–Trinajstić information content (AvgIpc) is 3.04. The van der Waals surface area contributed by atoms with Crippen LogP contribution in [0.15, 0.2) is 29.1 Å². The number of fused-ring (bicyclic) bond motifs is 3. The Labute approximate surface area is 172 Å². The Morgan fingerprint density at radius 1 is 1.24 bits per heavy atom. The summed E-state index contributed by atoms with van der Waals surface area (Å²) in [6.45, 7) is 0.324. The summed E-state index contributed by atoms with van der Waals surface area (Å²) in [6.07, 6.45) is 4.09. The van der Waals surface area contributed by atoms with Gasteiger partial charge in [-0.3, -0.25) is 14.2 Å². The van der Waals surface area contributed by atoms with E-state index in [0.717, 1.165) is 36.1 Å². The quantitative estimate of drug-likeness (QED) is 0.696. The van der Waals surface area contributed by atoms with E-state index in [4.69, 9.17) is 4.98 Å². The second kappa shape index (κ2) is 8.04. The summed E-state index contributed by atoms with van der Waals surface area (Å²) < 4.78 is 14.6. The van der Waals surface area contributed by atoms with Crippen LogP contribution >= 0.6 is 11.3 Å². The van der Waals surface area contributed by atoms with Gasteiger partial charge in [-0.1, -0.05) is 0 Å². The van der Waals surface area contributed by atoms with Crippen LogP contribution in [0.3, 0.4) is 0 Å². The molecular weight excluding hydrogens is 391 g/mol. The molecule has 0 radical (unpaired) electrons. The maximum absolute atomic E-state index is 13.4. The van der Waals surface area contributed by atoms with E-state index in [-0.39, 0.29) is 23.8 Å². The lowest BCUT2D eigenvalue weighted by atomic mass is 9.97. The van der Waals surface area contributed by atoms with Crippen molar-refractivity contribution >= 4 is 33.1 Å². The largest absolute Gasteiger partial charge is 0.325 e. The average molecular weight is 415 g/mol. The van der Waals surface area contributed by atoms with Gasteiger partial charge in [-0.2, -0.15) is 0 Å². The van der Waals surface area contributed by atoms with E-state index in [2.05, 4.69) is 5.32 Å². The van der Waals surface area contributed by atoms with Gasteiger partial charge in [-0.25, -0.2) is 9.37 Å². The van der Waals surface area contributed by atoms with E-state index in [1.165, 1.54) is 33.7 Å². The molecule has 0 bridgehead atoms. The van der Waals surface area contributed by atoms with Crippen LogP contribution in [-0.4, -0.2) is 34.5 Å². The third kappa shape index (κ3) is 4.09. The smallest absolute Gasteiger partial charge is 0.263 e. The van der Waals surface area contributed by atoms with E-state index >= 15 is 0 Å². The molecule has 1 amide bonds. The Kier molecular flexibility index (Phi) is 5.47. The van der Waals surface area contributed by atoms with Crippen molar-refractivity contribution in [1.29, 1.82) is 0 Å². The van der Waals surface area contributed by atoms with Gasteiger partial charge in [0.2, 0.25) is 5.91 Å². The van der Waals surface area contributed by atoms with Crippen molar-refractivity contribution in [2.75, 3.05) is 19.4 Å². The molecule has 0 saturated heterocycles. The molecule has 0 aliphatic heterocycles. The second-order valence-electron chi connectivity index (χ2n) is 7.60. The molecule has 1 aromatic carbocycles. The van der Waals surface area contributed by atoms with E-state index in [1.54, 1.807) is 11.3 Å². The highest BCUT2D eigenvalue weighted by Gasteiger charge is 2.23. The van der Waals surface area contributed by atoms with Gasteiger partial charge in [0, 0.05) is 10.6 Å². The van der Waals surface area contributed by atoms with Crippen LogP contribution in [0.4, 0.5) is 10.1 Å². The van der Waals surface area contributed by atoms with Crippen molar-refractivity contribution in [3.8, 4) is 0 Å². The van der Waals surface area contributed by atoms with E-state index < -0.39 is 0 Å². The number of anilines is 1. The third-order valence-corrected chi connectivity index (χ3v) is 6.23. The van der Waals surface area contributed by atoms with E-state index in [1.807, 2.05) is 19.0 Å². The minimum absolute atomic E-state index is 0.132. The zero-order valence-electron chi connectivity index (χ0n) is 16.5. The number of benzene rings is 1. The molecule has 0 atom stereocenters. The monoisotopic (exact) mass is 414 g/mol. The number of halogens is 1. The van der Waals surface area contributed by atoms with Gasteiger partial charge in [-0.05, 0) is 69.6 Å². The van der Waals surface area contributed by atoms with Gasteiger partial charge >= 0.3 is 0 Å². The zero-order valence-corrected chi connectivity index (χ0v) is 17.3. The summed E-state index contributed by atoms with van der Waals surface area (Å²) in [5.74, 6) is -0.145. The number of aromatic nitrogens is 2. The van der Waals surface area contributed by atoms with Crippen LogP contribution in [0.2, 0.25) is 0 Å². The first kappa shape index (κ1) is 19.7. The van der Waals surface area contributed by atoms with Crippen LogP contribution < -0.4 is 10.9 Å². The first-order valence-corrected chi connectivity index (χ1v) is 10.5. The molecule has 152 valence electrons. The van der Waals surface area contributed by atoms with Crippen LogP contribution in [-0.2, 0) is 30.7 Å². The van der Waals surface area contributed by atoms with E-state index in [0.29, 0.717) is 23.4 Å². The summed E-state index contributed by atoms with van der Waals surface area (Å²) in [4.78, 5) is 34.7. The minimum atomic E-state index is -0.371. The van der Waals surface area contributed by atoms with Gasteiger partial charge in [0.15, 0.2) is 0 Å². The van der Waals surface area contributed by atoms with Crippen molar-refractivity contribution in [1.82, 2.24) is 14.5 Å². The number of hydrogen-bond acceptors (Lipinski definition) is 5. The number of aryl methyl sites for hydroxylation is 2. The molecule has 29 heavy (non-hydrogen) atoms. The van der Waals surface area contributed by atoms with Crippen LogP contribution in [0.25, 0.3) is 10.2 Å². The molecule has 1 aliphatic carbocycles. The normalized spacial score (nSPS) is 13.7. The van der Waals surface area contributed by atoms with Crippen molar-refractivity contribution in [2.24, 2.45) is 0 Å². The Balaban J connectivity index is 1.72. The number of carbonyl (C=O) groups is 1. The van der Waals surface area contributed by atoms with Gasteiger partial charge in [0.25, 0.3) is 5.56 Å². The molecule has 0 spiro atoms. The number of hydrogen-bond donors (Lipinski definition) is 1. The lowest BCUT2D eigenvalue weighted by Crippen LogP contribution is -2.33. The number of nitrogens with zero attached hydrogens (tertiary/aromatic N) is 3. The molecule has 2 aromatic heterocycles. The topological polar surface area (TPSA) is 67.2 Å². The molecule has 6 nitrogen and oxygen atoms in total. The Morgan fingerprint density at radius 2 is 1.97 bits per heavy atom. The highest BCUT2D eigenvalue weighted by Crippen LogP contribution is 2.33. The zero-order chi connectivity index (χ0) is 20.5.